The van der Waals surface area contributed by atoms with Crippen LogP contribution in [-0.4, -0.2) is 24.2 Å². The minimum atomic E-state index is -0.863. The highest BCUT2D eigenvalue weighted by Crippen LogP contribution is 2.49. The highest BCUT2D eigenvalue weighted by atomic mass is 16.5. The second kappa shape index (κ2) is 6.49. The number of carbonyl (C=O) groups excluding carboxylic acids is 1. The topological polar surface area (TPSA) is 64.3 Å². The number of benzene rings is 1. The Hall–Kier alpha value is -1.39. The Balaban J connectivity index is 1.96. The average molecular weight is 332 g/mol. The van der Waals surface area contributed by atoms with Gasteiger partial charge in [-0.1, -0.05) is 58.9 Å². The largest absolute Gasteiger partial charge is 0.378 e. The molecule has 0 spiro atoms. The third-order valence-corrected chi connectivity index (χ3v) is 5.51. The molecule has 1 amide bonds. The fourth-order valence-electron chi connectivity index (χ4n) is 3.28. The van der Waals surface area contributed by atoms with Crippen LogP contribution >= 0.6 is 0 Å². The normalized spacial score (nSPS) is 25.9. The van der Waals surface area contributed by atoms with Crippen LogP contribution in [0.4, 0.5) is 0 Å². The number of amides is 1. The molecule has 134 valence electrons. The summed E-state index contributed by atoms with van der Waals surface area (Å²) in [7, 11) is 0. The molecule has 2 rings (SSSR count). The van der Waals surface area contributed by atoms with Gasteiger partial charge in [0.2, 0.25) is 5.91 Å². The van der Waals surface area contributed by atoms with Crippen molar-refractivity contribution in [1.29, 1.82) is 0 Å². The number of rotatable bonds is 5. The molecule has 0 radical (unpaired) electrons. The van der Waals surface area contributed by atoms with Gasteiger partial charge in [0.05, 0.1) is 6.10 Å². The van der Waals surface area contributed by atoms with E-state index in [1.807, 2.05) is 20.8 Å². The molecule has 3 N–H and O–H groups in total. The number of ether oxygens (including phenoxy) is 1. The zero-order valence-corrected chi connectivity index (χ0v) is 15.9. The van der Waals surface area contributed by atoms with Gasteiger partial charge in [-0.15, -0.1) is 0 Å². The maximum Gasteiger partial charge on any atom is 0.241 e. The maximum atomic E-state index is 12.6. The quantitative estimate of drug-likeness (QED) is 0.870. The Labute approximate surface area is 146 Å². The number of hydrogen-bond donors (Lipinski definition) is 2. The molecule has 0 saturated heterocycles. The molecule has 1 aliphatic carbocycles. The van der Waals surface area contributed by atoms with Gasteiger partial charge in [-0.3, -0.25) is 4.79 Å². The van der Waals surface area contributed by atoms with Gasteiger partial charge in [-0.25, -0.2) is 0 Å². The van der Waals surface area contributed by atoms with Gasteiger partial charge in [0, 0.05) is 25.0 Å². The van der Waals surface area contributed by atoms with E-state index >= 15 is 0 Å². The highest BCUT2D eigenvalue weighted by Gasteiger charge is 2.62. The standard InChI is InChI=1S/C20H32N2O2/c1-7-24-16-12-20(21,19(16,5)6)17(23)22-13-14-8-10-15(11-9-14)18(2,3)4/h8-11,16H,7,12-13,21H2,1-6H3,(H,22,23). The van der Waals surface area contributed by atoms with E-state index in [9.17, 15) is 4.79 Å². The molecule has 1 saturated carbocycles. The smallest absolute Gasteiger partial charge is 0.241 e. The summed E-state index contributed by atoms with van der Waals surface area (Å²) in [6.45, 7) is 13.7. The zero-order chi connectivity index (χ0) is 18.2. The van der Waals surface area contributed by atoms with E-state index < -0.39 is 5.54 Å². The predicted octanol–water partition coefficient (Wildman–Crippen LogP) is 3.13. The molecule has 0 bridgehead atoms. The average Bonchev–Trinajstić information content (AvgIpc) is 2.51. The second-order valence-electron chi connectivity index (χ2n) is 8.47. The number of nitrogens with two attached hydrogens (primary N) is 1. The van der Waals surface area contributed by atoms with Crippen LogP contribution in [0.3, 0.4) is 0 Å². The van der Waals surface area contributed by atoms with Crippen LogP contribution in [0.1, 0.15) is 59.1 Å². The lowest BCUT2D eigenvalue weighted by Crippen LogP contribution is -2.75. The van der Waals surface area contributed by atoms with Gasteiger partial charge in [0.25, 0.3) is 0 Å². The van der Waals surface area contributed by atoms with Gasteiger partial charge in [0.15, 0.2) is 0 Å². The van der Waals surface area contributed by atoms with Gasteiger partial charge >= 0.3 is 0 Å². The summed E-state index contributed by atoms with van der Waals surface area (Å²) in [6.07, 6.45) is 0.618. The molecule has 0 aliphatic heterocycles. The molecular formula is C20H32N2O2. The summed E-state index contributed by atoms with van der Waals surface area (Å²) in [5.41, 5.74) is 7.68. The lowest BCUT2D eigenvalue weighted by atomic mass is 9.54. The minimum Gasteiger partial charge on any atom is -0.378 e. The first kappa shape index (κ1) is 18.9. The summed E-state index contributed by atoms with van der Waals surface area (Å²) in [5.74, 6) is -0.0941. The van der Waals surface area contributed by atoms with Gasteiger partial charge in [-0.05, 0) is 23.5 Å². The number of nitrogens with one attached hydrogen (secondary N) is 1. The summed E-state index contributed by atoms with van der Waals surface area (Å²) in [4.78, 5) is 12.6. The third kappa shape index (κ3) is 3.35. The molecule has 1 aliphatic rings. The van der Waals surface area contributed by atoms with Crippen molar-refractivity contribution in [2.45, 2.75) is 71.6 Å². The van der Waals surface area contributed by atoms with Gasteiger partial charge < -0.3 is 15.8 Å². The molecule has 4 heteroatoms. The molecule has 0 heterocycles. The van der Waals surface area contributed by atoms with Crippen molar-refractivity contribution >= 4 is 5.91 Å². The molecule has 4 nitrogen and oxygen atoms in total. The van der Waals surface area contributed by atoms with E-state index in [1.165, 1.54) is 5.56 Å². The SMILES string of the molecule is CCOC1CC(N)(C(=O)NCc2ccc(C(C)(C)C)cc2)C1(C)C. The summed E-state index contributed by atoms with van der Waals surface area (Å²) in [5, 5.41) is 3.00. The van der Waals surface area contributed by atoms with E-state index in [0.717, 1.165) is 5.56 Å². The third-order valence-electron chi connectivity index (χ3n) is 5.51. The van der Waals surface area contributed by atoms with E-state index in [2.05, 4.69) is 50.4 Å². The van der Waals surface area contributed by atoms with Crippen molar-refractivity contribution in [3.63, 3.8) is 0 Å². The Morgan fingerprint density at radius 2 is 1.88 bits per heavy atom. The van der Waals surface area contributed by atoms with Crippen molar-refractivity contribution in [1.82, 2.24) is 5.32 Å². The lowest BCUT2D eigenvalue weighted by molar-refractivity contribution is -0.170. The first-order valence-corrected chi connectivity index (χ1v) is 8.80. The monoisotopic (exact) mass is 332 g/mol. The van der Waals surface area contributed by atoms with Crippen LogP contribution < -0.4 is 11.1 Å². The summed E-state index contributed by atoms with van der Waals surface area (Å²) in [6, 6.07) is 8.38. The summed E-state index contributed by atoms with van der Waals surface area (Å²) >= 11 is 0. The lowest BCUT2D eigenvalue weighted by Gasteiger charge is -2.57. The first-order chi connectivity index (χ1) is 11.0. The van der Waals surface area contributed by atoms with Crippen molar-refractivity contribution in [3.8, 4) is 0 Å². The molecule has 1 aromatic carbocycles. The predicted molar refractivity (Wildman–Crippen MR) is 97.7 cm³/mol. The van der Waals surface area contributed by atoms with E-state index in [1.54, 1.807) is 0 Å². The zero-order valence-electron chi connectivity index (χ0n) is 15.9. The van der Waals surface area contributed by atoms with Gasteiger partial charge in [-0.2, -0.15) is 0 Å². The molecule has 1 aromatic rings. The molecule has 24 heavy (non-hydrogen) atoms. The van der Waals surface area contributed by atoms with Crippen LogP contribution in [0.15, 0.2) is 24.3 Å². The minimum absolute atomic E-state index is 0.0457. The maximum absolute atomic E-state index is 12.6. The molecule has 0 aromatic heterocycles. The fourth-order valence-corrected chi connectivity index (χ4v) is 3.28. The Morgan fingerprint density at radius 3 is 2.33 bits per heavy atom. The Kier molecular flexibility index (Phi) is 5.12. The van der Waals surface area contributed by atoms with Crippen molar-refractivity contribution in [2.24, 2.45) is 11.1 Å². The van der Waals surface area contributed by atoms with E-state index in [-0.39, 0.29) is 22.8 Å². The van der Waals surface area contributed by atoms with E-state index in [0.29, 0.717) is 19.6 Å². The van der Waals surface area contributed by atoms with Crippen LogP contribution in [0.5, 0.6) is 0 Å². The molecule has 2 atom stereocenters. The Morgan fingerprint density at radius 1 is 1.29 bits per heavy atom. The number of hydrogen-bond acceptors (Lipinski definition) is 3. The van der Waals surface area contributed by atoms with Crippen LogP contribution in [-0.2, 0) is 21.5 Å². The van der Waals surface area contributed by atoms with Crippen molar-refractivity contribution in [3.05, 3.63) is 35.4 Å². The molecule has 2 unspecified atom stereocenters. The molecular weight excluding hydrogens is 300 g/mol. The summed E-state index contributed by atoms with van der Waals surface area (Å²) < 4.78 is 5.69. The first-order valence-electron chi connectivity index (χ1n) is 8.80. The van der Waals surface area contributed by atoms with Crippen LogP contribution in [0.25, 0.3) is 0 Å². The van der Waals surface area contributed by atoms with Gasteiger partial charge in [0.1, 0.15) is 5.54 Å². The fraction of sp³-hybridized carbons (Fsp3) is 0.650. The molecule has 1 fully saturated rings. The number of carbonyl (C=O) groups is 1. The second-order valence-corrected chi connectivity index (χ2v) is 8.47. The van der Waals surface area contributed by atoms with Crippen molar-refractivity contribution in [2.75, 3.05) is 6.61 Å². The highest BCUT2D eigenvalue weighted by molar-refractivity contribution is 5.88. The van der Waals surface area contributed by atoms with E-state index in [4.69, 9.17) is 10.5 Å². The Bertz CT molecular complexity index is 587. The van der Waals surface area contributed by atoms with Crippen LogP contribution in [0.2, 0.25) is 0 Å². The van der Waals surface area contributed by atoms with Crippen molar-refractivity contribution < 1.29 is 9.53 Å². The van der Waals surface area contributed by atoms with Crippen LogP contribution in [0, 0.1) is 5.41 Å².